The average molecular weight is 203 g/mol. The number of hydrogen-bond donors (Lipinski definition) is 1. The van der Waals surface area contributed by atoms with Crippen molar-refractivity contribution in [2.75, 3.05) is 0 Å². The fraction of sp³-hybridized carbons (Fsp3) is 0.0909. The van der Waals surface area contributed by atoms with Crippen molar-refractivity contribution in [1.82, 2.24) is 9.97 Å². The minimum Gasteiger partial charge on any atom is -0.319 e. The molecule has 4 heteroatoms. The van der Waals surface area contributed by atoms with Crippen LogP contribution < -0.4 is 5.73 Å². The molecule has 0 aliphatic rings. The summed E-state index contributed by atoms with van der Waals surface area (Å²) >= 11 is 0. The average Bonchev–Trinajstić information content (AvgIpc) is 2.30. The van der Waals surface area contributed by atoms with Gasteiger partial charge in [-0.25, -0.2) is 4.39 Å². The molecule has 0 radical (unpaired) electrons. The summed E-state index contributed by atoms with van der Waals surface area (Å²) in [4.78, 5) is 7.86. The Kier molecular flexibility index (Phi) is 2.69. The van der Waals surface area contributed by atoms with Crippen LogP contribution in [0, 0.1) is 5.82 Å². The first-order chi connectivity index (χ1) is 7.29. The van der Waals surface area contributed by atoms with E-state index < -0.39 is 11.9 Å². The Bertz CT molecular complexity index is 445. The summed E-state index contributed by atoms with van der Waals surface area (Å²) in [6, 6.07) is 5.87. The Morgan fingerprint density at radius 1 is 1.20 bits per heavy atom. The highest BCUT2D eigenvalue weighted by molar-refractivity contribution is 5.25. The first-order valence-corrected chi connectivity index (χ1v) is 4.55. The summed E-state index contributed by atoms with van der Waals surface area (Å²) < 4.78 is 13.4. The number of nitrogens with two attached hydrogens (primary N) is 1. The summed E-state index contributed by atoms with van der Waals surface area (Å²) in [5.41, 5.74) is 6.86. The highest BCUT2D eigenvalue weighted by Crippen LogP contribution is 2.18. The van der Waals surface area contributed by atoms with Gasteiger partial charge in [-0.15, -0.1) is 0 Å². The van der Waals surface area contributed by atoms with Gasteiger partial charge in [0.15, 0.2) is 0 Å². The van der Waals surface area contributed by atoms with Gasteiger partial charge in [0.05, 0.1) is 11.7 Å². The van der Waals surface area contributed by atoms with Gasteiger partial charge in [-0.05, 0) is 23.8 Å². The molecule has 2 aromatic heterocycles. The van der Waals surface area contributed by atoms with E-state index in [0.717, 1.165) is 5.56 Å². The molecule has 2 aromatic rings. The number of aromatic nitrogens is 2. The predicted octanol–water partition coefficient (Wildman–Crippen LogP) is 1.66. The lowest BCUT2D eigenvalue weighted by Crippen LogP contribution is -2.15. The van der Waals surface area contributed by atoms with Crippen molar-refractivity contribution in [2.24, 2.45) is 5.73 Å². The Hall–Kier alpha value is -1.81. The lowest BCUT2D eigenvalue weighted by molar-refractivity contribution is 0.586. The molecule has 0 saturated heterocycles. The van der Waals surface area contributed by atoms with Crippen LogP contribution in [0.1, 0.15) is 17.3 Å². The van der Waals surface area contributed by atoms with Crippen molar-refractivity contribution in [2.45, 2.75) is 6.04 Å². The van der Waals surface area contributed by atoms with Crippen molar-refractivity contribution in [3.8, 4) is 0 Å². The zero-order chi connectivity index (χ0) is 10.7. The largest absolute Gasteiger partial charge is 0.319 e. The maximum absolute atomic E-state index is 13.4. The van der Waals surface area contributed by atoms with Crippen LogP contribution in [0.25, 0.3) is 0 Å². The molecule has 0 spiro atoms. The van der Waals surface area contributed by atoms with Gasteiger partial charge in [-0.1, -0.05) is 6.07 Å². The van der Waals surface area contributed by atoms with Crippen LogP contribution >= 0.6 is 0 Å². The second-order valence-corrected chi connectivity index (χ2v) is 3.13. The Labute approximate surface area is 86.8 Å². The van der Waals surface area contributed by atoms with Gasteiger partial charge in [0.2, 0.25) is 0 Å². The van der Waals surface area contributed by atoms with Crippen molar-refractivity contribution in [1.29, 1.82) is 0 Å². The van der Waals surface area contributed by atoms with Crippen LogP contribution in [0.2, 0.25) is 0 Å². The van der Waals surface area contributed by atoms with Crippen molar-refractivity contribution >= 4 is 0 Å². The van der Waals surface area contributed by atoms with E-state index in [1.165, 1.54) is 18.3 Å². The molecule has 0 aliphatic heterocycles. The van der Waals surface area contributed by atoms with Crippen molar-refractivity contribution in [3.05, 3.63) is 59.9 Å². The molecule has 1 atom stereocenters. The van der Waals surface area contributed by atoms with Gasteiger partial charge in [0, 0.05) is 18.6 Å². The number of hydrogen-bond acceptors (Lipinski definition) is 3. The third-order valence-electron chi connectivity index (χ3n) is 2.13. The maximum Gasteiger partial charge on any atom is 0.146 e. The molecule has 15 heavy (non-hydrogen) atoms. The summed E-state index contributed by atoms with van der Waals surface area (Å²) in [7, 11) is 0. The highest BCUT2D eigenvalue weighted by atomic mass is 19.1. The molecular weight excluding hydrogens is 193 g/mol. The van der Waals surface area contributed by atoms with Gasteiger partial charge in [0.25, 0.3) is 0 Å². The van der Waals surface area contributed by atoms with Crippen LogP contribution in [-0.4, -0.2) is 9.97 Å². The normalized spacial score (nSPS) is 12.4. The highest BCUT2D eigenvalue weighted by Gasteiger charge is 2.14. The van der Waals surface area contributed by atoms with Crippen LogP contribution in [-0.2, 0) is 0 Å². The molecule has 3 nitrogen and oxygen atoms in total. The van der Waals surface area contributed by atoms with Gasteiger partial charge in [0.1, 0.15) is 5.82 Å². The monoisotopic (exact) mass is 203 g/mol. The number of nitrogens with zero attached hydrogens (tertiary/aromatic N) is 2. The Balaban J connectivity index is 2.37. The zero-order valence-corrected chi connectivity index (χ0v) is 7.97. The molecule has 2 heterocycles. The van der Waals surface area contributed by atoms with Crippen molar-refractivity contribution in [3.63, 3.8) is 0 Å². The Morgan fingerprint density at radius 3 is 2.67 bits per heavy atom. The molecule has 0 fully saturated rings. The fourth-order valence-corrected chi connectivity index (χ4v) is 1.34. The summed E-state index contributed by atoms with van der Waals surface area (Å²) in [5.74, 6) is -0.395. The van der Waals surface area contributed by atoms with Crippen molar-refractivity contribution < 1.29 is 4.39 Å². The minimum atomic E-state index is -0.570. The van der Waals surface area contributed by atoms with E-state index in [-0.39, 0.29) is 5.69 Å². The van der Waals surface area contributed by atoms with E-state index >= 15 is 0 Å². The van der Waals surface area contributed by atoms with Gasteiger partial charge >= 0.3 is 0 Å². The molecule has 2 rings (SSSR count). The van der Waals surface area contributed by atoms with E-state index in [1.807, 2.05) is 0 Å². The lowest BCUT2D eigenvalue weighted by atomic mass is 10.1. The third kappa shape index (κ3) is 1.99. The minimum absolute atomic E-state index is 0.241. The third-order valence-corrected chi connectivity index (χ3v) is 2.13. The van der Waals surface area contributed by atoms with Gasteiger partial charge in [-0.2, -0.15) is 0 Å². The zero-order valence-electron chi connectivity index (χ0n) is 7.97. The number of halogens is 1. The van der Waals surface area contributed by atoms with Gasteiger partial charge < -0.3 is 5.73 Å². The van der Waals surface area contributed by atoms with E-state index in [4.69, 9.17) is 5.73 Å². The van der Waals surface area contributed by atoms with E-state index in [1.54, 1.807) is 24.5 Å². The second kappa shape index (κ2) is 4.14. The second-order valence-electron chi connectivity index (χ2n) is 3.13. The molecule has 76 valence electrons. The predicted molar refractivity (Wildman–Crippen MR) is 54.5 cm³/mol. The quantitative estimate of drug-likeness (QED) is 0.807. The standard InChI is InChI=1S/C11H10FN3/c12-9-4-2-6-15-11(9)10(13)8-3-1-5-14-7-8/h1-7,10H,13H2. The smallest absolute Gasteiger partial charge is 0.146 e. The topological polar surface area (TPSA) is 51.8 Å². The molecule has 2 N–H and O–H groups in total. The van der Waals surface area contributed by atoms with E-state index in [9.17, 15) is 4.39 Å². The molecule has 0 bridgehead atoms. The molecule has 1 unspecified atom stereocenters. The summed E-state index contributed by atoms with van der Waals surface area (Å²) in [5, 5.41) is 0. The molecule has 0 saturated carbocycles. The van der Waals surface area contributed by atoms with E-state index in [0.29, 0.717) is 0 Å². The molecule has 0 aliphatic carbocycles. The Morgan fingerprint density at radius 2 is 2.00 bits per heavy atom. The SMILES string of the molecule is NC(c1cccnc1)c1ncccc1F. The van der Waals surface area contributed by atoms with Crippen LogP contribution in [0.3, 0.4) is 0 Å². The van der Waals surface area contributed by atoms with Crippen LogP contribution in [0.4, 0.5) is 4.39 Å². The lowest BCUT2D eigenvalue weighted by Gasteiger charge is -2.11. The van der Waals surface area contributed by atoms with Crippen LogP contribution in [0.15, 0.2) is 42.9 Å². The summed E-state index contributed by atoms with van der Waals surface area (Å²) in [6.45, 7) is 0. The maximum atomic E-state index is 13.4. The summed E-state index contributed by atoms with van der Waals surface area (Å²) in [6.07, 6.45) is 4.78. The molecule has 0 aromatic carbocycles. The molecule has 0 amide bonds. The fourth-order valence-electron chi connectivity index (χ4n) is 1.34. The molecular formula is C11H10FN3. The first-order valence-electron chi connectivity index (χ1n) is 4.55. The number of rotatable bonds is 2. The van der Waals surface area contributed by atoms with Crippen LogP contribution in [0.5, 0.6) is 0 Å². The first kappa shape index (κ1) is 9.73. The van der Waals surface area contributed by atoms with E-state index in [2.05, 4.69) is 9.97 Å². The van der Waals surface area contributed by atoms with Gasteiger partial charge in [-0.3, -0.25) is 9.97 Å². The number of pyridine rings is 2.